The number of hydrogen-bond donors (Lipinski definition) is 0. The van der Waals surface area contributed by atoms with Gasteiger partial charge in [-0.1, -0.05) is 25.3 Å². The Morgan fingerprint density at radius 3 is 2.56 bits per heavy atom. The molecule has 0 radical (unpaired) electrons. The Bertz CT molecular complexity index is 383. The molecule has 1 aliphatic rings. The van der Waals surface area contributed by atoms with Crippen LogP contribution in [0.25, 0.3) is 0 Å². The van der Waals surface area contributed by atoms with E-state index < -0.39 is 0 Å². The SMILES string of the molecule is CC(C)N(C(=O)c1ccccn1)C1CCCCC1. The molecule has 1 heterocycles. The van der Waals surface area contributed by atoms with Crippen molar-refractivity contribution >= 4 is 5.91 Å². The second kappa shape index (κ2) is 5.98. The van der Waals surface area contributed by atoms with Crippen molar-refractivity contribution in [3.05, 3.63) is 30.1 Å². The van der Waals surface area contributed by atoms with Crippen LogP contribution in [0.4, 0.5) is 0 Å². The van der Waals surface area contributed by atoms with Gasteiger partial charge in [0, 0.05) is 18.3 Å². The molecule has 1 amide bonds. The van der Waals surface area contributed by atoms with Gasteiger partial charge in [0.2, 0.25) is 0 Å². The average molecular weight is 246 g/mol. The highest BCUT2D eigenvalue weighted by molar-refractivity contribution is 5.92. The van der Waals surface area contributed by atoms with Crippen LogP contribution in [0.15, 0.2) is 24.4 Å². The molecule has 0 aliphatic heterocycles. The van der Waals surface area contributed by atoms with E-state index in [9.17, 15) is 4.79 Å². The highest BCUT2D eigenvalue weighted by atomic mass is 16.2. The van der Waals surface area contributed by atoms with E-state index in [4.69, 9.17) is 0 Å². The van der Waals surface area contributed by atoms with Gasteiger partial charge in [-0.05, 0) is 38.8 Å². The van der Waals surface area contributed by atoms with Crippen LogP contribution < -0.4 is 0 Å². The first-order valence-electron chi connectivity index (χ1n) is 6.94. The third-order valence-corrected chi connectivity index (χ3v) is 3.64. The number of carbonyl (C=O) groups is 1. The summed E-state index contributed by atoms with van der Waals surface area (Å²) in [6.07, 6.45) is 7.74. The average Bonchev–Trinajstić information content (AvgIpc) is 2.40. The van der Waals surface area contributed by atoms with Gasteiger partial charge in [0.15, 0.2) is 0 Å². The van der Waals surface area contributed by atoms with Gasteiger partial charge < -0.3 is 4.90 Å². The molecule has 3 nitrogen and oxygen atoms in total. The van der Waals surface area contributed by atoms with E-state index >= 15 is 0 Å². The summed E-state index contributed by atoms with van der Waals surface area (Å²) in [5.41, 5.74) is 0.566. The number of carbonyl (C=O) groups excluding carboxylic acids is 1. The van der Waals surface area contributed by atoms with Crippen molar-refractivity contribution in [3.8, 4) is 0 Å². The Kier molecular flexibility index (Phi) is 4.34. The van der Waals surface area contributed by atoms with Crippen LogP contribution in [-0.2, 0) is 0 Å². The highest BCUT2D eigenvalue weighted by Gasteiger charge is 2.28. The van der Waals surface area contributed by atoms with Crippen molar-refractivity contribution < 1.29 is 4.79 Å². The molecule has 0 atom stereocenters. The number of pyridine rings is 1. The first-order valence-corrected chi connectivity index (χ1v) is 6.94. The summed E-state index contributed by atoms with van der Waals surface area (Å²) in [6.45, 7) is 4.19. The van der Waals surface area contributed by atoms with Crippen molar-refractivity contribution in [2.24, 2.45) is 0 Å². The second-order valence-corrected chi connectivity index (χ2v) is 5.31. The van der Waals surface area contributed by atoms with Crippen LogP contribution in [0.5, 0.6) is 0 Å². The van der Waals surface area contributed by atoms with E-state index in [0.717, 1.165) is 12.8 Å². The molecule has 1 aromatic rings. The molecule has 0 spiro atoms. The van der Waals surface area contributed by atoms with Crippen molar-refractivity contribution in [2.75, 3.05) is 0 Å². The van der Waals surface area contributed by atoms with E-state index in [1.807, 2.05) is 17.0 Å². The predicted octanol–water partition coefficient (Wildman–Crippen LogP) is 3.26. The van der Waals surface area contributed by atoms with Gasteiger partial charge >= 0.3 is 0 Å². The molecular weight excluding hydrogens is 224 g/mol. The Morgan fingerprint density at radius 2 is 2.00 bits per heavy atom. The fraction of sp³-hybridized carbons (Fsp3) is 0.600. The quantitative estimate of drug-likeness (QED) is 0.820. The summed E-state index contributed by atoms with van der Waals surface area (Å²) in [4.78, 5) is 18.8. The smallest absolute Gasteiger partial charge is 0.272 e. The van der Waals surface area contributed by atoms with Gasteiger partial charge in [-0.25, -0.2) is 0 Å². The van der Waals surface area contributed by atoms with E-state index in [1.54, 1.807) is 12.3 Å². The number of hydrogen-bond acceptors (Lipinski definition) is 2. The fourth-order valence-corrected chi connectivity index (χ4v) is 2.80. The first kappa shape index (κ1) is 13.1. The predicted molar refractivity (Wildman–Crippen MR) is 72.4 cm³/mol. The minimum Gasteiger partial charge on any atom is -0.332 e. The zero-order chi connectivity index (χ0) is 13.0. The summed E-state index contributed by atoms with van der Waals surface area (Å²) in [7, 11) is 0. The fourth-order valence-electron chi connectivity index (χ4n) is 2.80. The molecule has 3 heteroatoms. The van der Waals surface area contributed by atoms with Crippen LogP contribution in [-0.4, -0.2) is 27.9 Å². The highest BCUT2D eigenvalue weighted by Crippen LogP contribution is 2.25. The third-order valence-electron chi connectivity index (χ3n) is 3.64. The summed E-state index contributed by atoms with van der Waals surface area (Å²) in [5.74, 6) is 0.0810. The van der Waals surface area contributed by atoms with Crippen LogP contribution >= 0.6 is 0 Å². The van der Waals surface area contributed by atoms with Gasteiger partial charge in [0.25, 0.3) is 5.91 Å². The Morgan fingerprint density at radius 1 is 1.28 bits per heavy atom. The van der Waals surface area contributed by atoms with Crippen molar-refractivity contribution in [2.45, 2.75) is 58.0 Å². The number of amides is 1. The van der Waals surface area contributed by atoms with Crippen LogP contribution in [0.2, 0.25) is 0 Å². The van der Waals surface area contributed by atoms with Gasteiger partial charge in [-0.2, -0.15) is 0 Å². The van der Waals surface area contributed by atoms with Crippen molar-refractivity contribution in [1.29, 1.82) is 0 Å². The lowest BCUT2D eigenvalue weighted by molar-refractivity contribution is 0.0549. The molecule has 1 aromatic heterocycles. The van der Waals surface area contributed by atoms with Crippen LogP contribution in [0.1, 0.15) is 56.4 Å². The first-order chi connectivity index (χ1) is 8.70. The Balaban J connectivity index is 2.17. The molecule has 0 unspecified atom stereocenters. The molecule has 1 saturated carbocycles. The molecule has 1 aliphatic carbocycles. The maximum Gasteiger partial charge on any atom is 0.272 e. The minimum absolute atomic E-state index is 0.0810. The van der Waals surface area contributed by atoms with Crippen LogP contribution in [0, 0.1) is 0 Å². The zero-order valence-electron chi connectivity index (χ0n) is 11.3. The van der Waals surface area contributed by atoms with E-state index in [-0.39, 0.29) is 11.9 Å². The van der Waals surface area contributed by atoms with Crippen LogP contribution in [0.3, 0.4) is 0 Å². The largest absolute Gasteiger partial charge is 0.332 e. The molecular formula is C15H22N2O. The third kappa shape index (κ3) is 2.89. The maximum absolute atomic E-state index is 12.5. The molecule has 0 aromatic carbocycles. The number of rotatable bonds is 3. The molecule has 0 saturated heterocycles. The zero-order valence-corrected chi connectivity index (χ0v) is 11.3. The Hall–Kier alpha value is -1.38. The lowest BCUT2D eigenvalue weighted by Gasteiger charge is -2.37. The lowest BCUT2D eigenvalue weighted by Crippen LogP contribution is -2.46. The number of aromatic nitrogens is 1. The van der Waals surface area contributed by atoms with Crippen molar-refractivity contribution in [1.82, 2.24) is 9.88 Å². The Labute approximate surface area is 109 Å². The summed E-state index contributed by atoms with van der Waals surface area (Å²) in [5, 5.41) is 0. The van der Waals surface area contributed by atoms with Gasteiger partial charge in [-0.15, -0.1) is 0 Å². The second-order valence-electron chi connectivity index (χ2n) is 5.31. The lowest BCUT2D eigenvalue weighted by atomic mass is 9.93. The van der Waals surface area contributed by atoms with E-state index in [0.29, 0.717) is 11.7 Å². The van der Waals surface area contributed by atoms with Gasteiger partial charge in [0.1, 0.15) is 5.69 Å². The van der Waals surface area contributed by atoms with Crippen molar-refractivity contribution in [3.63, 3.8) is 0 Å². The van der Waals surface area contributed by atoms with E-state index in [1.165, 1.54) is 19.3 Å². The monoisotopic (exact) mass is 246 g/mol. The summed E-state index contributed by atoms with van der Waals surface area (Å²) < 4.78 is 0. The molecule has 2 rings (SSSR count). The minimum atomic E-state index is 0.0810. The van der Waals surface area contributed by atoms with E-state index in [2.05, 4.69) is 18.8 Å². The normalized spacial score (nSPS) is 16.8. The molecule has 18 heavy (non-hydrogen) atoms. The molecule has 0 bridgehead atoms. The maximum atomic E-state index is 12.5. The molecule has 0 N–H and O–H groups in total. The van der Waals surface area contributed by atoms with Gasteiger partial charge in [-0.3, -0.25) is 9.78 Å². The number of nitrogens with zero attached hydrogens (tertiary/aromatic N) is 2. The molecule has 98 valence electrons. The standard InChI is InChI=1S/C15H22N2O/c1-12(2)17(13-8-4-3-5-9-13)15(18)14-10-6-7-11-16-14/h6-7,10-13H,3-5,8-9H2,1-2H3. The topological polar surface area (TPSA) is 33.2 Å². The molecule has 1 fully saturated rings. The van der Waals surface area contributed by atoms with Gasteiger partial charge in [0.05, 0.1) is 0 Å². The summed E-state index contributed by atoms with van der Waals surface area (Å²) >= 11 is 0. The summed E-state index contributed by atoms with van der Waals surface area (Å²) in [6, 6.07) is 6.16.